The van der Waals surface area contributed by atoms with Crippen LogP contribution in [0, 0.1) is 0 Å². The van der Waals surface area contributed by atoms with Crippen molar-refractivity contribution in [2.45, 2.75) is 0 Å². The van der Waals surface area contributed by atoms with Crippen LogP contribution in [0.3, 0.4) is 0 Å². The number of fused-ring (bicyclic) bond motifs is 1. The van der Waals surface area contributed by atoms with E-state index in [0.717, 1.165) is 31.9 Å². The van der Waals surface area contributed by atoms with Crippen LogP contribution in [0.2, 0.25) is 0 Å². The predicted molar refractivity (Wildman–Crippen MR) is 80.4 cm³/mol. The number of nitrogens with one attached hydrogen (secondary N) is 1. The number of hydrogen-bond donors (Lipinski definition) is 1. The maximum Gasteiger partial charge on any atom is 0.163 e. The van der Waals surface area contributed by atoms with Gasteiger partial charge in [0.05, 0.1) is 4.47 Å². The van der Waals surface area contributed by atoms with E-state index in [1.165, 1.54) is 0 Å². The lowest BCUT2D eigenvalue weighted by Gasteiger charge is -2.19. The molecule has 1 N–H and O–H groups in total. The molecule has 0 fully saturated rings. The summed E-state index contributed by atoms with van der Waals surface area (Å²) in [6, 6.07) is 7.67. The van der Waals surface area contributed by atoms with E-state index in [9.17, 15) is 0 Å². The van der Waals surface area contributed by atoms with Crippen LogP contribution in [-0.4, -0.2) is 18.2 Å². The number of ether oxygens (including phenoxy) is 2. The van der Waals surface area contributed by atoms with Gasteiger partial charge in [0.25, 0.3) is 0 Å². The normalized spacial score (nSPS) is 13.2. The molecule has 4 nitrogen and oxygen atoms in total. The fraction of sp³-hybridized carbons (Fsp3) is 0.154. The van der Waals surface area contributed by atoms with Crippen LogP contribution in [0.1, 0.15) is 0 Å². The molecule has 98 valence electrons. The minimum atomic E-state index is 0.580. The van der Waals surface area contributed by atoms with Gasteiger partial charge in [0.1, 0.15) is 19.0 Å². The predicted octanol–water partition coefficient (Wildman–Crippen LogP) is 4.12. The van der Waals surface area contributed by atoms with Crippen molar-refractivity contribution in [2.24, 2.45) is 0 Å². The van der Waals surface area contributed by atoms with Crippen LogP contribution in [0.4, 0.5) is 11.5 Å². The van der Waals surface area contributed by atoms with E-state index >= 15 is 0 Å². The van der Waals surface area contributed by atoms with E-state index in [-0.39, 0.29) is 0 Å². The van der Waals surface area contributed by atoms with Crippen LogP contribution in [0.15, 0.2) is 39.4 Å². The molecule has 0 saturated heterocycles. The summed E-state index contributed by atoms with van der Waals surface area (Å²) in [4.78, 5) is 4.31. The lowest BCUT2D eigenvalue weighted by Crippen LogP contribution is -2.15. The number of hydrogen-bond acceptors (Lipinski definition) is 4. The van der Waals surface area contributed by atoms with Crippen molar-refractivity contribution in [3.8, 4) is 11.5 Å². The van der Waals surface area contributed by atoms with Gasteiger partial charge in [0, 0.05) is 22.4 Å². The van der Waals surface area contributed by atoms with Gasteiger partial charge >= 0.3 is 0 Å². The van der Waals surface area contributed by atoms with Gasteiger partial charge in [0.2, 0.25) is 0 Å². The first-order chi connectivity index (χ1) is 9.22. The van der Waals surface area contributed by atoms with Crippen LogP contribution in [0.5, 0.6) is 11.5 Å². The van der Waals surface area contributed by atoms with Gasteiger partial charge in [0.15, 0.2) is 11.5 Å². The first-order valence-corrected chi connectivity index (χ1v) is 7.29. The van der Waals surface area contributed by atoms with Crippen molar-refractivity contribution in [3.63, 3.8) is 0 Å². The van der Waals surface area contributed by atoms with Gasteiger partial charge in [-0.3, -0.25) is 0 Å². The molecule has 3 rings (SSSR count). The fourth-order valence-corrected chi connectivity index (χ4v) is 2.85. The number of rotatable bonds is 2. The maximum absolute atomic E-state index is 5.55. The standard InChI is InChI=1S/C13H10Br2N2O2/c14-8-5-10(15)13(16-7-8)17-9-1-2-11-12(6-9)19-4-3-18-11/h1-2,5-7H,3-4H2,(H,16,17). The Labute approximate surface area is 127 Å². The summed E-state index contributed by atoms with van der Waals surface area (Å²) in [5.74, 6) is 2.28. The van der Waals surface area contributed by atoms with Gasteiger partial charge in [-0.05, 0) is 50.1 Å². The summed E-state index contributed by atoms with van der Waals surface area (Å²) >= 11 is 6.84. The molecular formula is C13H10Br2N2O2. The Balaban J connectivity index is 1.87. The minimum absolute atomic E-state index is 0.580. The maximum atomic E-state index is 5.55. The molecule has 0 radical (unpaired) electrons. The summed E-state index contributed by atoms with van der Waals surface area (Å²) in [6.45, 7) is 1.18. The molecular weight excluding hydrogens is 376 g/mol. The molecule has 0 bridgehead atoms. The van der Waals surface area contributed by atoms with Crippen LogP contribution < -0.4 is 14.8 Å². The van der Waals surface area contributed by atoms with Crippen LogP contribution in [0.25, 0.3) is 0 Å². The summed E-state index contributed by atoms with van der Waals surface area (Å²) in [5.41, 5.74) is 0.903. The minimum Gasteiger partial charge on any atom is -0.486 e. The molecule has 6 heteroatoms. The third kappa shape index (κ3) is 2.84. The SMILES string of the molecule is Brc1cnc(Nc2ccc3c(c2)OCCO3)c(Br)c1. The lowest BCUT2D eigenvalue weighted by molar-refractivity contribution is 0.171. The number of benzene rings is 1. The number of anilines is 2. The molecule has 1 aliphatic heterocycles. The summed E-state index contributed by atoms with van der Waals surface area (Å²) < 4.78 is 12.8. The molecule has 1 aromatic carbocycles. The van der Waals surface area contributed by atoms with E-state index in [0.29, 0.717) is 13.2 Å². The molecule has 0 amide bonds. The average molecular weight is 386 g/mol. The molecule has 19 heavy (non-hydrogen) atoms. The smallest absolute Gasteiger partial charge is 0.163 e. The van der Waals surface area contributed by atoms with E-state index in [1.807, 2.05) is 24.3 Å². The van der Waals surface area contributed by atoms with Crippen molar-refractivity contribution in [1.82, 2.24) is 4.98 Å². The van der Waals surface area contributed by atoms with Crippen molar-refractivity contribution >= 4 is 43.4 Å². The fourth-order valence-electron chi connectivity index (χ4n) is 1.76. The number of pyridine rings is 1. The average Bonchev–Trinajstić information content (AvgIpc) is 2.42. The number of aromatic nitrogens is 1. The molecule has 0 aliphatic carbocycles. The van der Waals surface area contributed by atoms with Crippen molar-refractivity contribution < 1.29 is 9.47 Å². The Morgan fingerprint density at radius 3 is 2.63 bits per heavy atom. The van der Waals surface area contributed by atoms with Gasteiger partial charge in [-0.2, -0.15) is 0 Å². The second kappa shape index (κ2) is 5.38. The van der Waals surface area contributed by atoms with Crippen molar-refractivity contribution in [3.05, 3.63) is 39.4 Å². The zero-order valence-corrected chi connectivity index (χ0v) is 13.0. The highest BCUT2D eigenvalue weighted by Gasteiger charge is 2.12. The number of halogens is 2. The highest BCUT2D eigenvalue weighted by Crippen LogP contribution is 2.34. The van der Waals surface area contributed by atoms with Crippen molar-refractivity contribution in [2.75, 3.05) is 18.5 Å². The third-order valence-electron chi connectivity index (χ3n) is 2.61. The Hall–Kier alpha value is -1.27. The topological polar surface area (TPSA) is 43.4 Å². The zero-order valence-electron chi connectivity index (χ0n) is 9.82. The third-order valence-corrected chi connectivity index (χ3v) is 3.65. The molecule has 1 aromatic heterocycles. The van der Waals surface area contributed by atoms with Gasteiger partial charge in [-0.1, -0.05) is 0 Å². The molecule has 0 spiro atoms. The van der Waals surface area contributed by atoms with E-state index in [1.54, 1.807) is 6.20 Å². The molecule has 0 saturated carbocycles. The second-order valence-electron chi connectivity index (χ2n) is 3.97. The lowest BCUT2D eigenvalue weighted by atomic mass is 10.2. The van der Waals surface area contributed by atoms with Crippen LogP contribution >= 0.6 is 31.9 Å². The summed E-state index contributed by atoms with van der Waals surface area (Å²) in [6.07, 6.45) is 1.74. The highest BCUT2D eigenvalue weighted by molar-refractivity contribution is 9.11. The number of nitrogens with zero attached hydrogens (tertiary/aromatic N) is 1. The quantitative estimate of drug-likeness (QED) is 0.844. The van der Waals surface area contributed by atoms with E-state index in [2.05, 4.69) is 42.2 Å². The Morgan fingerprint density at radius 2 is 1.84 bits per heavy atom. The van der Waals surface area contributed by atoms with Gasteiger partial charge in [-0.25, -0.2) is 4.98 Å². The monoisotopic (exact) mass is 384 g/mol. The summed E-state index contributed by atoms with van der Waals surface area (Å²) in [5, 5.41) is 3.24. The molecule has 1 aliphatic rings. The largest absolute Gasteiger partial charge is 0.486 e. The molecule has 0 unspecified atom stereocenters. The van der Waals surface area contributed by atoms with Gasteiger partial charge in [-0.15, -0.1) is 0 Å². The zero-order chi connectivity index (χ0) is 13.2. The van der Waals surface area contributed by atoms with E-state index in [4.69, 9.17) is 9.47 Å². The van der Waals surface area contributed by atoms with Crippen LogP contribution in [-0.2, 0) is 0 Å². The molecule has 2 heterocycles. The molecule has 2 aromatic rings. The second-order valence-corrected chi connectivity index (χ2v) is 5.74. The van der Waals surface area contributed by atoms with Gasteiger partial charge < -0.3 is 14.8 Å². The first-order valence-electron chi connectivity index (χ1n) is 5.70. The van der Waals surface area contributed by atoms with E-state index < -0.39 is 0 Å². The Morgan fingerprint density at radius 1 is 1.05 bits per heavy atom. The molecule has 0 atom stereocenters. The first kappa shape index (κ1) is 12.7. The Bertz CT molecular complexity index is 620. The summed E-state index contributed by atoms with van der Waals surface area (Å²) in [7, 11) is 0. The van der Waals surface area contributed by atoms with Crippen molar-refractivity contribution in [1.29, 1.82) is 0 Å². The highest BCUT2D eigenvalue weighted by atomic mass is 79.9. The Kier molecular flexibility index (Phi) is 3.61.